The molecule has 2 amide bonds. The van der Waals surface area contributed by atoms with E-state index in [0.29, 0.717) is 19.3 Å². The summed E-state index contributed by atoms with van der Waals surface area (Å²) in [5, 5.41) is 22.7. The number of rotatable bonds is 50. The van der Waals surface area contributed by atoms with Gasteiger partial charge in [-0.15, -0.1) is 0 Å². The van der Waals surface area contributed by atoms with Crippen molar-refractivity contribution in [1.29, 1.82) is 0 Å². The summed E-state index contributed by atoms with van der Waals surface area (Å²) in [5.41, 5.74) is 0. The Morgan fingerprint density at radius 1 is 0.469 bits per heavy atom. The van der Waals surface area contributed by atoms with E-state index in [2.05, 4.69) is 48.8 Å². The van der Waals surface area contributed by atoms with Crippen LogP contribution in [0.2, 0.25) is 0 Å². The van der Waals surface area contributed by atoms with Gasteiger partial charge in [-0.1, -0.05) is 218 Å². The van der Waals surface area contributed by atoms with Gasteiger partial charge in [0.05, 0.1) is 13.2 Å². The summed E-state index contributed by atoms with van der Waals surface area (Å²) in [6.45, 7) is 3.51. The first-order chi connectivity index (χ1) is 31.3. The average Bonchev–Trinajstić information content (AvgIpc) is 3.28. The van der Waals surface area contributed by atoms with Crippen LogP contribution in [0.5, 0.6) is 0 Å². The van der Waals surface area contributed by atoms with Crippen LogP contribution in [0.1, 0.15) is 277 Å². The number of nitrogens with one attached hydrogen (secondary N) is 2. The Balaban J connectivity index is 4.26. The van der Waals surface area contributed by atoms with Crippen molar-refractivity contribution in [2.24, 2.45) is 0 Å². The van der Waals surface area contributed by atoms with Gasteiger partial charge in [0, 0.05) is 12.8 Å². The summed E-state index contributed by atoms with van der Waals surface area (Å²) >= 11 is 0. The molecule has 4 N–H and O–H groups in total. The lowest BCUT2D eigenvalue weighted by Crippen LogP contribution is -2.47. The highest BCUT2D eigenvalue weighted by Gasteiger charge is 2.19. The minimum absolute atomic E-state index is 0.0137. The molecule has 0 aliphatic carbocycles. The largest absolute Gasteiger partial charge is 0.480 e. The molecule has 0 spiro atoms. The van der Waals surface area contributed by atoms with Crippen LogP contribution in [-0.2, 0) is 23.9 Å². The van der Waals surface area contributed by atoms with Crippen LogP contribution in [0, 0.1) is 0 Å². The molecule has 64 heavy (non-hydrogen) atoms. The molecule has 0 saturated heterocycles. The van der Waals surface area contributed by atoms with E-state index in [4.69, 9.17) is 14.9 Å². The van der Waals surface area contributed by atoms with Gasteiger partial charge in [-0.25, -0.2) is 4.79 Å². The maximum Gasteiger partial charge on any atom is 0.328 e. The molecule has 0 aliphatic heterocycles. The van der Waals surface area contributed by atoms with E-state index in [1.54, 1.807) is 0 Å². The van der Waals surface area contributed by atoms with Gasteiger partial charge in [-0.05, 0) is 70.6 Å². The molecule has 9 nitrogen and oxygen atoms in total. The quantitative estimate of drug-likeness (QED) is 0.0270. The second-order valence-corrected chi connectivity index (χ2v) is 18.7. The smallest absolute Gasteiger partial charge is 0.328 e. The molecule has 0 aromatic carbocycles. The van der Waals surface area contributed by atoms with Crippen LogP contribution in [0.25, 0.3) is 0 Å². The lowest BCUT2D eigenvalue weighted by molar-refractivity contribution is -0.150. The Morgan fingerprint density at radius 2 is 0.844 bits per heavy atom. The standard InChI is InChI=1S/C55H102N2O7/c1-3-5-7-9-11-13-15-17-19-20-21-22-23-24-26-28-30-32-34-39-43-47-54(61)64-50(44-40-36-33-31-29-27-25-18-16-14-12-10-8-6-4-2)45-41-37-35-38-42-46-52(59)56-48-53(60)57-51(49-58)55(62)63/h15,17,20-21,50-51,58H,3-14,16,18-19,22-49H2,1-2H3,(H,56,59)(H,57,60)(H,62,63)/b17-15-,21-20-. The molecule has 0 aromatic rings. The van der Waals surface area contributed by atoms with E-state index >= 15 is 0 Å². The Bertz CT molecular complexity index is 1130. The van der Waals surface area contributed by atoms with Crippen LogP contribution in [0.4, 0.5) is 0 Å². The Morgan fingerprint density at radius 3 is 1.25 bits per heavy atom. The number of hydrogen-bond donors (Lipinski definition) is 4. The SMILES string of the molecule is CCCCCCC/C=C\C/C=C\CCCCCCCCCCCC(=O)OC(CCCCCCCCCCCCCCCCC)CCCCCCCC(=O)NCC(=O)NC(CO)C(=O)O. The molecule has 374 valence electrons. The molecule has 2 unspecified atom stereocenters. The lowest BCUT2D eigenvalue weighted by Gasteiger charge is -2.18. The molecular weight excluding hydrogens is 801 g/mol. The lowest BCUT2D eigenvalue weighted by atomic mass is 10.0. The molecule has 0 aliphatic rings. The first-order valence-electron chi connectivity index (χ1n) is 27.2. The molecule has 2 atom stereocenters. The van der Waals surface area contributed by atoms with Crippen molar-refractivity contribution in [2.75, 3.05) is 13.2 Å². The number of aliphatic hydroxyl groups is 1. The third-order valence-electron chi connectivity index (χ3n) is 12.5. The zero-order valence-corrected chi connectivity index (χ0v) is 41.8. The maximum absolute atomic E-state index is 12.9. The number of unbranched alkanes of at least 4 members (excludes halogenated alkanes) is 32. The van der Waals surface area contributed by atoms with Crippen molar-refractivity contribution >= 4 is 23.8 Å². The zero-order chi connectivity index (χ0) is 46.8. The number of amides is 2. The topological polar surface area (TPSA) is 142 Å². The van der Waals surface area contributed by atoms with Gasteiger partial charge in [0.2, 0.25) is 11.8 Å². The number of carbonyl (C=O) groups excluding carboxylic acids is 3. The summed E-state index contributed by atoms with van der Waals surface area (Å²) in [4.78, 5) is 47.9. The van der Waals surface area contributed by atoms with E-state index in [0.717, 1.165) is 64.2 Å². The second kappa shape index (κ2) is 49.7. The molecule has 0 radical (unpaired) electrons. The van der Waals surface area contributed by atoms with E-state index in [1.165, 1.54) is 180 Å². The summed E-state index contributed by atoms with van der Waals surface area (Å²) < 4.78 is 6.08. The predicted octanol–water partition coefficient (Wildman–Crippen LogP) is 14.7. The molecule has 0 saturated carbocycles. The molecular formula is C55H102N2O7. The maximum atomic E-state index is 12.9. The highest BCUT2D eigenvalue weighted by Crippen LogP contribution is 2.20. The minimum Gasteiger partial charge on any atom is -0.480 e. The van der Waals surface area contributed by atoms with Crippen molar-refractivity contribution in [3.8, 4) is 0 Å². The van der Waals surface area contributed by atoms with Gasteiger partial charge in [-0.3, -0.25) is 14.4 Å². The number of carboxylic acids is 1. The van der Waals surface area contributed by atoms with Crippen LogP contribution < -0.4 is 10.6 Å². The van der Waals surface area contributed by atoms with Crippen LogP contribution in [0.15, 0.2) is 24.3 Å². The van der Waals surface area contributed by atoms with Gasteiger partial charge in [0.25, 0.3) is 0 Å². The number of allylic oxidation sites excluding steroid dienone is 4. The molecule has 0 heterocycles. The van der Waals surface area contributed by atoms with Crippen molar-refractivity contribution in [3.63, 3.8) is 0 Å². The van der Waals surface area contributed by atoms with Gasteiger partial charge in [-0.2, -0.15) is 0 Å². The molecule has 9 heteroatoms. The van der Waals surface area contributed by atoms with E-state index < -0.39 is 24.5 Å². The van der Waals surface area contributed by atoms with Crippen molar-refractivity contribution < 1.29 is 34.1 Å². The Kier molecular flexibility index (Phi) is 47.7. The van der Waals surface area contributed by atoms with Crippen LogP contribution >= 0.6 is 0 Å². The second-order valence-electron chi connectivity index (χ2n) is 18.7. The third kappa shape index (κ3) is 45.9. The number of carboxylic acid groups (broad SMARTS) is 1. The van der Waals surface area contributed by atoms with Gasteiger partial charge in [0.15, 0.2) is 0 Å². The number of aliphatic carboxylic acids is 1. The molecule has 0 bridgehead atoms. The Hall–Kier alpha value is -2.68. The number of carbonyl (C=O) groups is 4. The summed E-state index contributed by atoms with van der Waals surface area (Å²) in [5.74, 6) is -2.27. The first kappa shape index (κ1) is 61.3. The molecule has 0 fully saturated rings. The average molecular weight is 903 g/mol. The van der Waals surface area contributed by atoms with E-state index in [-0.39, 0.29) is 24.5 Å². The van der Waals surface area contributed by atoms with Crippen molar-refractivity contribution in [1.82, 2.24) is 10.6 Å². The summed E-state index contributed by atoms with van der Waals surface area (Å²) in [7, 11) is 0. The highest BCUT2D eigenvalue weighted by molar-refractivity contribution is 5.87. The normalized spacial score (nSPS) is 12.5. The van der Waals surface area contributed by atoms with Gasteiger partial charge < -0.3 is 25.6 Å². The van der Waals surface area contributed by atoms with Crippen LogP contribution in [-0.4, -0.2) is 59.3 Å². The fourth-order valence-corrected chi connectivity index (χ4v) is 8.28. The summed E-state index contributed by atoms with van der Waals surface area (Å²) in [6.07, 6.45) is 57.9. The summed E-state index contributed by atoms with van der Waals surface area (Å²) in [6, 6.07) is -1.38. The van der Waals surface area contributed by atoms with Gasteiger partial charge in [0.1, 0.15) is 12.1 Å². The minimum atomic E-state index is -1.38. The van der Waals surface area contributed by atoms with E-state index in [9.17, 15) is 19.2 Å². The number of esters is 1. The Labute approximate surface area is 394 Å². The third-order valence-corrected chi connectivity index (χ3v) is 12.5. The van der Waals surface area contributed by atoms with Crippen molar-refractivity contribution in [3.05, 3.63) is 24.3 Å². The first-order valence-corrected chi connectivity index (χ1v) is 27.2. The highest BCUT2D eigenvalue weighted by atomic mass is 16.5. The number of hydrogen-bond acceptors (Lipinski definition) is 6. The number of aliphatic hydroxyl groups excluding tert-OH is 1. The zero-order valence-electron chi connectivity index (χ0n) is 41.8. The molecule has 0 rings (SSSR count). The predicted molar refractivity (Wildman–Crippen MR) is 268 cm³/mol. The van der Waals surface area contributed by atoms with Crippen molar-refractivity contribution in [2.45, 2.75) is 289 Å². The fraction of sp³-hybridized carbons (Fsp3) is 0.855. The fourth-order valence-electron chi connectivity index (χ4n) is 8.28. The van der Waals surface area contributed by atoms with E-state index in [1.807, 2.05) is 0 Å². The monoisotopic (exact) mass is 903 g/mol. The van der Waals surface area contributed by atoms with Crippen LogP contribution in [0.3, 0.4) is 0 Å². The molecule has 0 aromatic heterocycles. The van der Waals surface area contributed by atoms with Gasteiger partial charge >= 0.3 is 11.9 Å². The number of ether oxygens (including phenoxy) is 1.